The summed E-state index contributed by atoms with van der Waals surface area (Å²) in [4.78, 5) is 30.4. The molecular weight excluding hydrogens is 488 g/mol. The monoisotopic (exact) mass is 522 g/mol. The first kappa shape index (κ1) is 27.2. The lowest BCUT2D eigenvalue weighted by molar-refractivity contribution is -0.140. The largest absolute Gasteiger partial charge is 0.507 e. The summed E-state index contributed by atoms with van der Waals surface area (Å²) in [6.07, 6.45) is 2.30. The number of amides is 1. The van der Waals surface area contributed by atoms with Gasteiger partial charge in [0, 0.05) is 31.7 Å². The van der Waals surface area contributed by atoms with Crippen LogP contribution in [0.1, 0.15) is 23.6 Å². The van der Waals surface area contributed by atoms with Crippen LogP contribution in [0.2, 0.25) is 0 Å². The van der Waals surface area contributed by atoms with Crippen LogP contribution in [-0.4, -0.2) is 86.8 Å². The molecule has 2 aliphatic heterocycles. The maximum atomic E-state index is 13.3. The Morgan fingerprint density at radius 2 is 1.79 bits per heavy atom. The Hall–Kier alpha value is -3.82. The van der Waals surface area contributed by atoms with E-state index in [2.05, 4.69) is 11.5 Å². The Labute approximate surface area is 222 Å². The molecule has 0 spiro atoms. The highest BCUT2D eigenvalue weighted by Crippen LogP contribution is 2.42. The lowest BCUT2D eigenvalue weighted by atomic mass is 9.95. The van der Waals surface area contributed by atoms with Crippen molar-refractivity contribution in [2.24, 2.45) is 0 Å². The second kappa shape index (κ2) is 12.6. The van der Waals surface area contributed by atoms with Gasteiger partial charge in [-0.1, -0.05) is 18.7 Å². The van der Waals surface area contributed by atoms with Crippen molar-refractivity contribution < 1.29 is 33.6 Å². The van der Waals surface area contributed by atoms with Gasteiger partial charge in [-0.15, -0.1) is 0 Å². The molecule has 0 aliphatic carbocycles. The number of aliphatic hydroxyl groups is 1. The third-order valence-corrected chi connectivity index (χ3v) is 6.74. The summed E-state index contributed by atoms with van der Waals surface area (Å²) in [6.45, 7) is 8.14. The molecule has 1 atom stereocenters. The van der Waals surface area contributed by atoms with Gasteiger partial charge in [-0.3, -0.25) is 14.5 Å². The van der Waals surface area contributed by atoms with Crippen LogP contribution < -0.4 is 14.2 Å². The average molecular weight is 523 g/mol. The predicted molar refractivity (Wildman–Crippen MR) is 143 cm³/mol. The zero-order valence-electron chi connectivity index (χ0n) is 21.9. The molecule has 202 valence electrons. The number of rotatable bonds is 11. The second-order valence-corrected chi connectivity index (χ2v) is 9.04. The first-order valence-corrected chi connectivity index (χ1v) is 12.6. The summed E-state index contributed by atoms with van der Waals surface area (Å²) >= 11 is 0. The van der Waals surface area contributed by atoms with Gasteiger partial charge in [-0.05, 0) is 48.4 Å². The van der Waals surface area contributed by atoms with Gasteiger partial charge in [0.1, 0.15) is 18.1 Å². The quantitative estimate of drug-likeness (QED) is 0.208. The van der Waals surface area contributed by atoms with Crippen molar-refractivity contribution in [3.63, 3.8) is 0 Å². The van der Waals surface area contributed by atoms with Gasteiger partial charge < -0.3 is 29.0 Å². The molecule has 2 aromatic rings. The summed E-state index contributed by atoms with van der Waals surface area (Å²) in [5, 5.41) is 11.3. The van der Waals surface area contributed by atoms with E-state index in [0.29, 0.717) is 61.2 Å². The Balaban J connectivity index is 1.71. The standard InChI is InChI=1S/C29H34N2O7/c1-4-16-38-23-11-8-21(19-24(23)36-3)26-25(27(32)20-6-9-22(35-2)10-7-20)28(33)29(34)31(26)13-5-12-30-14-17-37-18-15-30/h4,6-11,19,26,32H,1,5,12-18H2,2-3H3. The molecule has 1 amide bonds. The van der Waals surface area contributed by atoms with Crippen LogP contribution in [0.15, 0.2) is 60.7 Å². The number of nitrogens with zero attached hydrogens (tertiary/aromatic N) is 2. The number of hydrogen-bond donors (Lipinski definition) is 1. The predicted octanol–water partition coefficient (Wildman–Crippen LogP) is 3.41. The summed E-state index contributed by atoms with van der Waals surface area (Å²) in [5.41, 5.74) is 1.09. The third-order valence-electron chi connectivity index (χ3n) is 6.74. The average Bonchev–Trinajstić information content (AvgIpc) is 3.21. The van der Waals surface area contributed by atoms with E-state index >= 15 is 0 Å². The molecule has 0 radical (unpaired) electrons. The van der Waals surface area contributed by atoms with Crippen molar-refractivity contribution in [1.82, 2.24) is 9.80 Å². The third kappa shape index (κ3) is 5.84. The van der Waals surface area contributed by atoms with Crippen LogP contribution in [-0.2, 0) is 14.3 Å². The number of hydrogen-bond acceptors (Lipinski definition) is 8. The number of benzene rings is 2. The molecule has 4 rings (SSSR count). The van der Waals surface area contributed by atoms with E-state index in [0.717, 1.165) is 19.6 Å². The molecule has 2 aromatic carbocycles. The van der Waals surface area contributed by atoms with Gasteiger partial charge in [0.2, 0.25) is 0 Å². The first-order valence-electron chi connectivity index (χ1n) is 12.6. The number of ether oxygens (including phenoxy) is 4. The van der Waals surface area contributed by atoms with Gasteiger partial charge in [0.25, 0.3) is 11.7 Å². The van der Waals surface area contributed by atoms with Crippen molar-refractivity contribution >= 4 is 17.4 Å². The normalized spacial score (nSPS) is 19.4. The molecule has 2 saturated heterocycles. The first-order chi connectivity index (χ1) is 18.5. The zero-order valence-corrected chi connectivity index (χ0v) is 21.9. The summed E-state index contributed by atoms with van der Waals surface area (Å²) in [5.74, 6) is -0.0268. The smallest absolute Gasteiger partial charge is 0.295 e. The zero-order chi connectivity index (χ0) is 27.1. The highest BCUT2D eigenvalue weighted by molar-refractivity contribution is 6.46. The van der Waals surface area contributed by atoms with Crippen molar-refractivity contribution in [2.75, 3.05) is 60.2 Å². The van der Waals surface area contributed by atoms with Gasteiger partial charge in [-0.25, -0.2) is 0 Å². The highest BCUT2D eigenvalue weighted by Gasteiger charge is 2.46. The molecule has 1 unspecified atom stereocenters. The van der Waals surface area contributed by atoms with Crippen molar-refractivity contribution in [3.05, 3.63) is 71.8 Å². The highest BCUT2D eigenvalue weighted by atomic mass is 16.5. The Bertz CT molecular complexity index is 1190. The molecule has 2 heterocycles. The Kier molecular flexibility index (Phi) is 9.04. The van der Waals surface area contributed by atoms with Gasteiger partial charge in [0.15, 0.2) is 11.5 Å². The lowest BCUT2D eigenvalue weighted by Crippen LogP contribution is -2.39. The number of morpholine rings is 1. The van der Waals surface area contributed by atoms with Crippen LogP contribution in [0.4, 0.5) is 0 Å². The van der Waals surface area contributed by atoms with Gasteiger partial charge in [-0.2, -0.15) is 0 Å². The number of carbonyl (C=O) groups excluding carboxylic acids is 2. The minimum absolute atomic E-state index is 0.0355. The maximum absolute atomic E-state index is 13.3. The number of methoxy groups -OCH3 is 2. The number of Topliss-reactive ketones (excluding diaryl/α,β-unsaturated/α-hetero) is 1. The van der Waals surface area contributed by atoms with Gasteiger partial charge in [0.05, 0.1) is 39.0 Å². The number of aliphatic hydroxyl groups excluding tert-OH is 1. The molecule has 38 heavy (non-hydrogen) atoms. The Morgan fingerprint density at radius 1 is 1.05 bits per heavy atom. The summed E-state index contributed by atoms with van der Waals surface area (Å²) in [7, 11) is 3.07. The fraction of sp³-hybridized carbons (Fsp3) is 0.379. The molecule has 9 nitrogen and oxygen atoms in total. The molecule has 2 fully saturated rings. The van der Waals surface area contributed by atoms with Crippen LogP contribution in [0.3, 0.4) is 0 Å². The fourth-order valence-electron chi connectivity index (χ4n) is 4.77. The van der Waals surface area contributed by atoms with Crippen LogP contribution in [0.25, 0.3) is 5.76 Å². The van der Waals surface area contributed by atoms with Crippen LogP contribution >= 0.6 is 0 Å². The van der Waals surface area contributed by atoms with Crippen molar-refractivity contribution in [3.8, 4) is 17.2 Å². The second-order valence-electron chi connectivity index (χ2n) is 9.04. The fourth-order valence-corrected chi connectivity index (χ4v) is 4.77. The molecule has 1 N–H and O–H groups in total. The minimum Gasteiger partial charge on any atom is -0.507 e. The lowest BCUT2D eigenvalue weighted by Gasteiger charge is -2.29. The van der Waals surface area contributed by atoms with E-state index in [1.807, 2.05) is 0 Å². The molecule has 2 aliphatic rings. The molecule has 0 saturated carbocycles. The molecular formula is C29H34N2O7. The van der Waals surface area contributed by atoms with E-state index in [1.54, 1.807) is 55.7 Å². The summed E-state index contributed by atoms with van der Waals surface area (Å²) in [6, 6.07) is 11.2. The van der Waals surface area contributed by atoms with E-state index < -0.39 is 17.7 Å². The maximum Gasteiger partial charge on any atom is 0.295 e. The molecule has 9 heteroatoms. The van der Waals surface area contributed by atoms with Crippen molar-refractivity contribution in [1.29, 1.82) is 0 Å². The van der Waals surface area contributed by atoms with E-state index in [4.69, 9.17) is 18.9 Å². The number of carbonyl (C=O) groups is 2. The van der Waals surface area contributed by atoms with Crippen LogP contribution in [0, 0.1) is 0 Å². The Morgan fingerprint density at radius 3 is 2.45 bits per heavy atom. The number of likely N-dealkylation sites (tertiary alicyclic amines) is 1. The summed E-state index contributed by atoms with van der Waals surface area (Å²) < 4.78 is 21.8. The van der Waals surface area contributed by atoms with Crippen LogP contribution in [0.5, 0.6) is 17.2 Å². The van der Waals surface area contributed by atoms with Crippen molar-refractivity contribution in [2.45, 2.75) is 12.5 Å². The topological polar surface area (TPSA) is 97.8 Å². The molecule has 0 aromatic heterocycles. The number of ketones is 1. The van der Waals surface area contributed by atoms with Gasteiger partial charge >= 0.3 is 0 Å². The van der Waals surface area contributed by atoms with E-state index in [1.165, 1.54) is 12.0 Å². The minimum atomic E-state index is -0.788. The van der Waals surface area contributed by atoms with E-state index in [-0.39, 0.29) is 11.3 Å². The molecule has 0 bridgehead atoms. The SMILES string of the molecule is C=CCOc1ccc(C2C(=C(O)c3ccc(OC)cc3)C(=O)C(=O)N2CCCN2CCOCC2)cc1OC. The van der Waals surface area contributed by atoms with E-state index in [9.17, 15) is 14.7 Å².